The van der Waals surface area contributed by atoms with Crippen molar-refractivity contribution >= 4 is 33.0 Å². The topological polar surface area (TPSA) is 97.4 Å². The normalized spacial score (nSPS) is 11.8. The minimum absolute atomic E-state index is 0.00390. The van der Waals surface area contributed by atoms with Gasteiger partial charge in [-0.1, -0.05) is 18.2 Å². The Balaban J connectivity index is 1.78. The fourth-order valence-electron chi connectivity index (χ4n) is 2.65. The number of thiazole rings is 1. The van der Waals surface area contributed by atoms with Crippen LogP contribution in [-0.2, 0) is 16.6 Å². The van der Waals surface area contributed by atoms with E-state index in [0.717, 1.165) is 5.69 Å². The molecule has 1 amide bonds. The van der Waals surface area contributed by atoms with Crippen LogP contribution in [-0.4, -0.2) is 24.8 Å². The van der Waals surface area contributed by atoms with Crippen molar-refractivity contribution in [2.24, 2.45) is 0 Å². The molecule has 0 aliphatic carbocycles. The lowest BCUT2D eigenvalue weighted by Gasteiger charge is -2.21. The van der Waals surface area contributed by atoms with E-state index in [9.17, 15) is 13.2 Å². The van der Waals surface area contributed by atoms with Crippen LogP contribution in [0.1, 0.15) is 36.8 Å². The Morgan fingerprint density at radius 1 is 1.13 bits per heavy atom. The van der Waals surface area contributed by atoms with Gasteiger partial charge in [0.2, 0.25) is 10.0 Å². The van der Waals surface area contributed by atoms with Crippen molar-refractivity contribution in [2.45, 2.75) is 37.8 Å². The predicted octanol–water partition coefficient (Wildman–Crippen LogP) is 4.05. The van der Waals surface area contributed by atoms with Gasteiger partial charge in [-0.3, -0.25) is 4.79 Å². The summed E-state index contributed by atoms with van der Waals surface area (Å²) in [5.74, 6) is 0.0819. The number of anilines is 1. The Morgan fingerprint density at radius 2 is 1.90 bits per heavy atom. The van der Waals surface area contributed by atoms with Gasteiger partial charge in [-0.05, 0) is 51.1 Å². The molecule has 0 atom stereocenters. The van der Waals surface area contributed by atoms with Gasteiger partial charge in [0, 0.05) is 16.5 Å². The fourth-order valence-corrected chi connectivity index (χ4v) is 4.78. The summed E-state index contributed by atoms with van der Waals surface area (Å²) in [7, 11) is -3.81. The second-order valence-corrected chi connectivity index (χ2v) is 9.97. The van der Waals surface area contributed by atoms with Crippen molar-refractivity contribution in [1.82, 2.24) is 9.71 Å². The highest BCUT2D eigenvalue weighted by Crippen LogP contribution is 2.24. The zero-order chi connectivity index (χ0) is 21.8. The zero-order valence-corrected chi connectivity index (χ0v) is 18.5. The number of ether oxygens (including phenoxy) is 1. The average Bonchev–Trinajstić information content (AvgIpc) is 3.19. The van der Waals surface area contributed by atoms with E-state index in [1.54, 1.807) is 68.7 Å². The van der Waals surface area contributed by atoms with Gasteiger partial charge in [-0.25, -0.2) is 18.1 Å². The molecule has 0 aliphatic heterocycles. The highest BCUT2D eigenvalue weighted by molar-refractivity contribution is 7.89. The maximum absolute atomic E-state index is 12.8. The maximum Gasteiger partial charge on any atom is 0.255 e. The molecule has 7 nitrogen and oxygen atoms in total. The molecule has 0 saturated heterocycles. The van der Waals surface area contributed by atoms with Crippen molar-refractivity contribution in [3.63, 3.8) is 0 Å². The van der Waals surface area contributed by atoms with E-state index >= 15 is 0 Å². The van der Waals surface area contributed by atoms with E-state index in [-0.39, 0.29) is 10.6 Å². The second kappa shape index (κ2) is 8.95. The summed E-state index contributed by atoms with van der Waals surface area (Å²) < 4.78 is 33.8. The summed E-state index contributed by atoms with van der Waals surface area (Å²) in [4.78, 5) is 16.9. The van der Waals surface area contributed by atoms with Crippen LogP contribution in [0.25, 0.3) is 0 Å². The first-order chi connectivity index (χ1) is 14.1. The Morgan fingerprint density at radius 3 is 2.60 bits per heavy atom. The Labute approximate surface area is 180 Å². The first-order valence-electron chi connectivity index (χ1n) is 9.18. The lowest BCUT2D eigenvalue weighted by molar-refractivity contribution is 0.102. The third-order valence-electron chi connectivity index (χ3n) is 3.83. The largest absolute Gasteiger partial charge is 0.487 e. The van der Waals surface area contributed by atoms with E-state index in [0.29, 0.717) is 17.9 Å². The van der Waals surface area contributed by atoms with Crippen molar-refractivity contribution in [3.05, 3.63) is 70.7 Å². The van der Waals surface area contributed by atoms with Gasteiger partial charge in [-0.2, -0.15) is 0 Å². The summed E-state index contributed by atoms with van der Waals surface area (Å²) in [6.45, 7) is 5.56. The number of hydrogen-bond acceptors (Lipinski definition) is 6. The second-order valence-electron chi connectivity index (χ2n) is 7.60. The van der Waals surface area contributed by atoms with E-state index in [1.165, 1.54) is 17.4 Å². The summed E-state index contributed by atoms with van der Waals surface area (Å²) in [6, 6.07) is 13.0. The molecule has 3 aromatic rings. The SMILES string of the molecule is CC(C)(C)NS(=O)(=O)c1ccccc1NC(=O)c1cccc(OCc2cscn2)c1. The molecule has 30 heavy (non-hydrogen) atoms. The number of hydrogen-bond donors (Lipinski definition) is 2. The fraction of sp³-hybridized carbons (Fsp3) is 0.238. The molecule has 0 fully saturated rings. The van der Waals surface area contributed by atoms with Gasteiger partial charge < -0.3 is 10.1 Å². The average molecular weight is 446 g/mol. The molecule has 9 heteroatoms. The lowest BCUT2D eigenvalue weighted by Crippen LogP contribution is -2.40. The molecule has 1 aromatic heterocycles. The number of carbonyl (C=O) groups is 1. The lowest BCUT2D eigenvalue weighted by atomic mass is 10.1. The molecule has 3 rings (SSSR count). The standard InChI is InChI=1S/C21H23N3O4S2/c1-21(2,3)24-30(26,27)19-10-5-4-9-18(19)23-20(25)15-7-6-8-17(11-15)28-12-16-13-29-14-22-16/h4-11,13-14,24H,12H2,1-3H3,(H,23,25). The van der Waals surface area contributed by atoms with E-state index in [2.05, 4.69) is 15.0 Å². The van der Waals surface area contributed by atoms with Crippen LogP contribution >= 0.6 is 11.3 Å². The third kappa shape index (κ3) is 5.88. The summed E-state index contributed by atoms with van der Waals surface area (Å²) >= 11 is 1.48. The van der Waals surface area contributed by atoms with Crippen molar-refractivity contribution in [1.29, 1.82) is 0 Å². The maximum atomic E-state index is 12.8. The van der Waals surface area contributed by atoms with Crippen LogP contribution in [0.2, 0.25) is 0 Å². The highest BCUT2D eigenvalue weighted by Gasteiger charge is 2.25. The minimum atomic E-state index is -3.81. The molecular weight excluding hydrogens is 422 g/mol. The van der Waals surface area contributed by atoms with Crippen LogP contribution < -0.4 is 14.8 Å². The van der Waals surface area contributed by atoms with Gasteiger partial charge in [0.25, 0.3) is 5.91 Å². The number of para-hydroxylation sites is 1. The van der Waals surface area contributed by atoms with E-state index < -0.39 is 21.5 Å². The summed E-state index contributed by atoms with van der Waals surface area (Å²) in [6.07, 6.45) is 0. The first-order valence-corrected chi connectivity index (χ1v) is 11.6. The Bertz CT molecular complexity index is 1120. The van der Waals surface area contributed by atoms with Gasteiger partial charge >= 0.3 is 0 Å². The van der Waals surface area contributed by atoms with Crippen LogP contribution in [0.4, 0.5) is 5.69 Å². The van der Waals surface area contributed by atoms with Gasteiger partial charge in [-0.15, -0.1) is 11.3 Å². The number of nitrogens with zero attached hydrogens (tertiary/aromatic N) is 1. The minimum Gasteiger partial charge on any atom is -0.487 e. The number of amides is 1. The van der Waals surface area contributed by atoms with Gasteiger partial charge in [0.05, 0.1) is 16.9 Å². The van der Waals surface area contributed by atoms with Crippen molar-refractivity contribution in [2.75, 3.05) is 5.32 Å². The van der Waals surface area contributed by atoms with Crippen LogP contribution in [0.3, 0.4) is 0 Å². The number of nitrogens with one attached hydrogen (secondary N) is 2. The van der Waals surface area contributed by atoms with Crippen LogP contribution in [0.15, 0.2) is 64.3 Å². The molecule has 158 valence electrons. The Kier molecular flexibility index (Phi) is 6.55. The summed E-state index contributed by atoms with van der Waals surface area (Å²) in [5, 5.41) is 4.58. The predicted molar refractivity (Wildman–Crippen MR) is 117 cm³/mol. The molecule has 0 bridgehead atoms. The quantitative estimate of drug-likeness (QED) is 0.572. The number of sulfonamides is 1. The van der Waals surface area contributed by atoms with Crippen LogP contribution in [0, 0.1) is 0 Å². The molecule has 0 aliphatic rings. The van der Waals surface area contributed by atoms with Gasteiger partial charge in [0.1, 0.15) is 17.3 Å². The number of carbonyl (C=O) groups excluding carboxylic acids is 1. The van der Waals surface area contributed by atoms with Crippen LogP contribution in [0.5, 0.6) is 5.75 Å². The number of aromatic nitrogens is 1. The van der Waals surface area contributed by atoms with Gasteiger partial charge in [0.15, 0.2) is 0 Å². The number of benzene rings is 2. The molecule has 1 heterocycles. The highest BCUT2D eigenvalue weighted by atomic mass is 32.2. The summed E-state index contributed by atoms with van der Waals surface area (Å²) in [5.41, 5.74) is 2.43. The smallest absolute Gasteiger partial charge is 0.255 e. The van der Waals surface area contributed by atoms with E-state index in [1.807, 2.05) is 5.38 Å². The zero-order valence-electron chi connectivity index (χ0n) is 16.9. The molecule has 0 saturated carbocycles. The Hall–Kier alpha value is -2.75. The van der Waals surface area contributed by atoms with E-state index in [4.69, 9.17) is 4.74 Å². The third-order valence-corrected chi connectivity index (χ3v) is 6.28. The molecule has 2 N–H and O–H groups in total. The molecule has 0 unspecified atom stereocenters. The first kappa shape index (κ1) is 21.9. The molecule has 2 aromatic carbocycles. The van der Waals surface area contributed by atoms with Crippen molar-refractivity contribution < 1.29 is 17.9 Å². The van der Waals surface area contributed by atoms with Crippen molar-refractivity contribution in [3.8, 4) is 5.75 Å². The molecule has 0 radical (unpaired) electrons. The monoisotopic (exact) mass is 445 g/mol. The molecular formula is C21H23N3O4S2. The molecule has 0 spiro atoms. The number of rotatable bonds is 7.